The number of hydrogen-bond donors (Lipinski definition) is 2. The fourth-order valence-electron chi connectivity index (χ4n) is 2.63. The number of rotatable bonds is 4. The van der Waals surface area contributed by atoms with Gasteiger partial charge in [-0.2, -0.15) is 5.10 Å². The Morgan fingerprint density at radius 3 is 2.27 bits per heavy atom. The Hall–Kier alpha value is -2.50. The lowest BCUT2D eigenvalue weighted by molar-refractivity contribution is 0.102. The van der Waals surface area contributed by atoms with Crippen molar-refractivity contribution in [1.82, 2.24) is 9.78 Å². The Balaban J connectivity index is 1.72. The lowest BCUT2D eigenvalue weighted by Crippen LogP contribution is -2.12. The highest BCUT2D eigenvalue weighted by molar-refractivity contribution is 6.39. The Morgan fingerprint density at radius 1 is 1.12 bits per heavy atom. The fraction of sp³-hybridized carbons (Fsp3) is 0.158. The van der Waals surface area contributed by atoms with Crippen molar-refractivity contribution in [3.8, 4) is 0 Å². The van der Waals surface area contributed by atoms with E-state index in [1.165, 1.54) is 0 Å². The van der Waals surface area contributed by atoms with Gasteiger partial charge in [0.25, 0.3) is 5.91 Å². The predicted octanol–water partition coefficient (Wildman–Crippen LogP) is 4.69. The molecule has 1 amide bonds. The number of amides is 1. The first-order chi connectivity index (χ1) is 12.3. The summed E-state index contributed by atoms with van der Waals surface area (Å²) in [6.45, 7) is 4.64. The molecule has 5 nitrogen and oxygen atoms in total. The van der Waals surface area contributed by atoms with E-state index < -0.39 is 0 Å². The number of anilines is 2. The van der Waals surface area contributed by atoms with E-state index in [4.69, 9.17) is 28.9 Å². The smallest absolute Gasteiger partial charge is 0.255 e. The fourth-order valence-corrected chi connectivity index (χ4v) is 3.12. The van der Waals surface area contributed by atoms with Gasteiger partial charge < -0.3 is 11.1 Å². The molecule has 0 fully saturated rings. The summed E-state index contributed by atoms with van der Waals surface area (Å²) in [5.74, 6) is -0.250. The molecule has 3 N–H and O–H groups in total. The summed E-state index contributed by atoms with van der Waals surface area (Å²) in [6.07, 6.45) is 0. The van der Waals surface area contributed by atoms with E-state index in [0.29, 0.717) is 33.5 Å². The van der Waals surface area contributed by atoms with E-state index in [-0.39, 0.29) is 5.91 Å². The molecule has 3 aromatic rings. The SMILES string of the molecule is Cc1cc(C)n(Cc2ccc(C(=O)Nc3cc(Cl)c(N)c(Cl)c3)cc2)n1. The van der Waals surface area contributed by atoms with Crippen LogP contribution in [0.2, 0.25) is 10.0 Å². The number of nitrogen functional groups attached to an aromatic ring is 1. The molecule has 0 aliphatic heterocycles. The van der Waals surface area contributed by atoms with Crippen LogP contribution in [0.4, 0.5) is 11.4 Å². The summed E-state index contributed by atoms with van der Waals surface area (Å²) in [6, 6.07) is 12.5. The maximum atomic E-state index is 12.4. The van der Waals surface area contributed by atoms with Crippen LogP contribution in [0.3, 0.4) is 0 Å². The number of hydrogen-bond acceptors (Lipinski definition) is 3. The number of carbonyl (C=O) groups is 1. The van der Waals surface area contributed by atoms with Crippen LogP contribution in [-0.2, 0) is 6.54 Å². The van der Waals surface area contributed by atoms with Gasteiger partial charge in [-0.1, -0.05) is 35.3 Å². The second-order valence-corrected chi connectivity index (χ2v) is 6.90. The van der Waals surface area contributed by atoms with Gasteiger partial charge in [-0.3, -0.25) is 9.48 Å². The Bertz CT molecular complexity index is 941. The van der Waals surface area contributed by atoms with Crippen LogP contribution in [0.5, 0.6) is 0 Å². The number of aromatic nitrogens is 2. The summed E-state index contributed by atoms with van der Waals surface area (Å²) < 4.78 is 1.93. The molecule has 2 aromatic carbocycles. The predicted molar refractivity (Wildman–Crippen MR) is 106 cm³/mol. The van der Waals surface area contributed by atoms with E-state index in [9.17, 15) is 4.79 Å². The Labute approximate surface area is 161 Å². The molecule has 1 aromatic heterocycles. The van der Waals surface area contributed by atoms with Gasteiger partial charge in [-0.25, -0.2) is 0 Å². The molecular formula is C19H18Cl2N4O. The maximum absolute atomic E-state index is 12.4. The quantitative estimate of drug-likeness (QED) is 0.636. The molecule has 134 valence electrons. The summed E-state index contributed by atoms with van der Waals surface area (Å²) in [7, 11) is 0. The van der Waals surface area contributed by atoms with Gasteiger partial charge in [0.15, 0.2) is 0 Å². The molecule has 1 heterocycles. The maximum Gasteiger partial charge on any atom is 0.255 e. The number of nitrogens with one attached hydrogen (secondary N) is 1. The zero-order chi connectivity index (χ0) is 18.8. The lowest BCUT2D eigenvalue weighted by atomic mass is 10.1. The third-order valence-electron chi connectivity index (χ3n) is 3.99. The molecule has 0 bridgehead atoms. The van der Waals surface area contributed by atoms with Crippen LogP contribution in [0.25, 0.3) is 0 Å². The first kappa shape index (κ1) is 18.3. The van der Waals surface area contributed by atoms with Gasteiger partial charge in [0.05, 0.1) is 28.0 Å². The normalized spacial score (nSPS) is 10.8. The van der Waals surface area contributed by atoms with Gasteiger partial charge in [-0.15, -0.1) is 0 Å². The highest BCUT2D eigenvalue weighted by Gasteiger charge is 2.10. The van der Waals surface area contributed by atoms with E-state index in [1.807, 2.05) is 36.7 Å². The van der Waals surface area contributed by atoms with Gasteiger partial charge in [0.2, 0.25) is 0 Å². The third kappa shape index (κ3) is 4.00. The van der Waals surface area contributed by atoms with E-state index in [2.05, 4.69) is 10.4 Å². The van der Waals surface area contributed by atoms with Crippen molar-refractivity contribution in [3.05, 3.63) is 75.0 Å². The molecule has 3 rings (SSSR count). The number of halogens is 2. The molecule has 0 aliphatic carbocycles. The largest absolute Gasteiger partial charge is 0.396 e. The molecular weight excluding hydrogens is 371 g/mol. The van der Waals surface area contributed by atoms with Gasteiger partial charge >= 0.3 is 0 Å². The van der Waals surface area contributed by atoms with Crippen LogP contribution in [-0.4, -0.2) is 15.7 Å². The number of nitrogens with two attached hydrogens (primary N) is 1. The van der Waals surface area contributed by atoms with Gasteiger partial charge in [-0.05, 0) is 49.7 Å². The summed E-state index contributed by atoms with van der Waals surface area (Å²) in [5, 5.41) is 7.81. The van der Waals surface area contributed by atoms with E-state index >= 15 is 0 Å². The zero-order valence-electron chi connectivity index (χ0n) is 14.4. The molecule has 7 heteroatoms. The van der Waals surface area contributed by atoms with Crippen molar-refractivity contribution in [2.75, 3.05) is 11.1 Å². The highest BCUT2D eigenvalue weighted by Crippen LogP contribution is 2.31. The first-order valence-corrected chi connectivity index (χ1v) is 8.75. The van der Waals surface area contributed by atoms with E-state index in [0.717, 1.165) is 17.0 Å². The van der Waals surface area contributed by atoms with Crippen LogP contribution in [0.15, 0.2) is 42.5 Å². The molecule has 0 unspecified atom stereocenters. The number of benzene rings is 2. The van der Waals surface area contributed by atoms with Crippen molar-refractivity contribution in [3.63, 3.8) is 0 Å². The van der Waals surface area contributed by atoms with E-state index in [1.54, 1.807) is 24.3 Å². The van der Waals surface area contributed by atoms with Crippen molar-refractivity contribution in [2.45, 2.75) is 20.4 Å². The van der Waals surface area contributed by atoms with Crippen LogP contribution in [0.1, 0.15) is 27.3 Å². The Morgan fingerprint density at radius 2 is 1.73 bits per heavy atom. The molecule has 0 saturated carbocycles. The third-order valence-corrected chi connectivity index (χ3v) is 4.61. The minimum Gasteiger partial charge on any atom is -0.396 e. The van der Waals surface area contributed by atoms with Crippen molar-refractivity contribution in [1.29, 1.82) is 0 Å². The number of aryl methyl sites for hydroxylation is 2. The Kier molecular flexibility index (Phi) is 5.20. The topological polar surface area (TPSA) is 72.9 Å². The van der Waals surface area contributed by atoms with Crippen molar-refractivity contribution in [2.24, 2.45) is 0 Å². The summed E-state index contributed by atoms with van der Waals surface area (Å²) >= 11 is 12.0. The highest BCUT2D eigenvalue weighted by atomic mass is 35.5. The minimum atomic E-state index is -0.250. The van der Waals surface area contributed by atoms with Crippen molar-refractivity contribution >= 4 is 40.5 Å². The van der Waals surface area contributed by atoms with Gasteiger partial charge in [0, 0.05) is 16.9 Å². The van der Waals surface area contributed by atoms with Crippen LogP contribution < -0.4 is 11.1 Å². The second-order valence-electron chi connectivity index (χ2n) is 6.09. The average Bonchev–Trinajstić information content (AvgIpc) is 2.90. The average molecular weight is 389 g/mol. The second kappa shape index (κ2) is 7.40. The summed E-state index contributed by atoms with van der Waals surface area (Å²) in [5.41, 5.74) is 10.2. The molecule has 0 atom stereocenters. The van der Waals surface area contributed by atoms with Crippen molar-refractivity contribution < 1.29 is 4.79 Å². The first-order valence-electron chi connectivity index (χ1n) is 7.99. The zero-order valence-corrected chi connectivity index (χ0v) is 15.9. The van der Waals surface area contributed by atoms with Gasteiger partial charge in [0.1, 0.15) is 0 Å². The van der Waals surface area contributed by atoms with Crippen LogP contribution >= 0.6 is 23.2 Å². The molecule has 0 saturated heterocycles. The standard InChI is InChI=1S/C19H18Cl2N4O/c1-11-7-12(2)25(24-11)10-13-3-5-14(6-4-13)19(26)23-15-8-16(20)18(22)17(21)9-15/h3-9H,10,22H2,1-2H3,(H,23,26). The molecule has 0 aliphatic rings. The lowest BCUT2D eigenvalue weighted by Gasteiger charge is -2.09. The number of carbonyl (C=O) groups excluding carboxylic acids is 1. The van der Waals surface area contributed by atoms with Crippen LogP contribution in [0, 0.1) is 13.8 Å². The number of nitrogens with zero attached hydrogens (tertiary/aromatic N) is 2. The monoisotopic (exact) mass is 388 g/mol. The molecule has 26 heavy (non-hydrogen) atoms. The molecule has 0 radical (unpaired) electrons. The minimum absolute atomic E-state index is 0.250. The molecule has 0 spiro atoms. The summed E-state index contributed by atoms with van der Waals surface area (Å²) in [4.78, 5) is 12.4.